The molecule has 2 aromatic carbocycles. The topological polar surface area (TPSA) is 42.9 Å². The Kier molecular flexibility index (Phi) is 6.67. The van der Waals surface area contributed by atoms with Crippen molar-refractivity contribution < 1.29 is 13.6 Å². The molecular weight excluding hydrogens is 446 g/mol. The molecule has 0 aliphatic carbocycles. The van der Waals surface area contributed by atoms with Gasteiger partial charge in [0.2, 0.25) is 0 Å². The van der Waals surface area contributed by atoms with Crippen molar-refractivity contribution in [2.24, 2.45) is 0 Å². The zero-order chi connectivity index (χ0) is 22.7. The second-order valence-electron chi connectivity index (χ2n) is 7.30. The number of halogens is 2. The number of ketones is 1. The first-order valence-electron chi connectivity index (χ1n) is 10.0. The van der Waals surface area contributed by atoms with Crippen molar-refractivity contribution in [3.63, 3.8) is 0 Å². The molecule has 0 amide bonds. The SMILES string of the molecule is Cc1nc(C)c(-c2nc(CC(=O)Cc3c(F)cccc3F)sc2/C=C\c2ccccc2)s1. The Morgan fingerprint density at radius 1 is 0.906 bits per heavy atom. The van der Waals surface area contributed by atoms with Gasteiger partial charge in [-0.15, -0.1) is 22.7 Å². The number of Topliss-reactive ketones (excluding diaryl/α,β-unsaturated/α-hetero) is 1. The lowest BCUT2D eigenvalue weighted by atomic mass is 10.1. The summed E-state index contributed by atoms with van der Waals surface area (Å²) in [4.78, 5) is 23.7. The molecule has 0 fully saturated rings. The summed E-state index contributed by atoms with van der Waals surface area (Å²) in [5.74, 6) is -1.70. The number of carbonyl (C=O) groups excluding carboxylic acids is 1. The normalized spacial score (nSPS) is 11.4. The largest absolute Gasteiger partial charge is 0.299 e. The molecule has 0 unspecified atom stereocenters. The van der Waals surface area contributed by atoms with Gasteiger partial charge in [-0.05, 0) is 37.6 Å². The van der Waals surface area contributed by atoms with Crippen LogP contribution in [0.25, 0.3) is 22.7 Å². The summed E-state index contributed by atoms with van der Waals surface area (Å²) in [6, 6.07) is 13.5. The molecule has 0 N–H and O–H groups in total. The number of hydrogen-bond donors (Lipinski definition) is 0. The van der Waals surface area contributed by atoms with Crippen LogP contribution in [0.5, 0.6) is 0 Å². The van der Waals surface area contributed by atoms with Gasteiger partial charge in [-0.1, -0.05) is 42.5 Å². The van der Waals surface area contributed by atoms with Crippen LogP contribution in [0.1, 0.15) is 31.7 Å². The fraction of sp³-hybridized carbons (Fsp3) is 0.160. The minimum Gasteiger partial charge on any atom is -0.299 e. The van der Waals surface area contributed by atoms with Crippen molar-refractivity contribution in [1.82, 2.24) is 9.97 Å². The van der Waals surface area contributed by atoms with Crippen LogP contribution in [0, 0.1) is 25.5 Å². The van der Waals surface area contributed by atoms with Gasteiger partial charge in [0.15, 0.2) is 0 Å². The highest BCUT2D eigenvalue weighted by Crippen LogP contribution is 2.36. The van der Waals surface area contributed by atoms with Crippen molar-refractivity contribution in [2.45, 2.75) is 26.7 Å². The fourth-order valence-corrected chi connectivity index (χ4v) is 5.34. The fourth-order valence-electron chi connectivity index (χ4n) is 3.35. The highest BCUT2D eigenvalue weighted by Gasteiger charge is 2.19. The Balaban J connectivity index is 1.63. The molecule has 162 valence electrons. The Morgan fingerprint density at radius 2 is 1.62 bits per heavy atom. The van der Waals surface area contributed by atoms with Gasteiger partial charge in [0, 0.05) is 12.0 Å². The second-order valence-corrected chi connectivity index (χ2v) is 9.62. The highest BCUT2D eigenvalue weighted by molar-refractivity contribution is 7.16. The highest BCUT2D eigenvalue weighted by atomic mass is 32.1. The van der Waals surface area contributed by atoms with Gasteiger partial charge in [-0.25, -0.2) is 18.7 Å². The predicted octanol–water partition coefficient (Wildman–Crippen LogP) is 6.69. The van der Waals surface area contributed by atoms with E-state index in [-0.39, 0.29) is 24.2 Å². The standard InChI is InChI=1S/C25H20F2N2OS2/c1-15-25(31-16(2)28-15)24-22(12-11-17-7-4-3-5-8-17)32-23(29-24)14-18(30)13-19-20(26)9-6-10-21(19)27/h3-12H,13-14H2,1-2H3/b12-11-. The third-order valence-corrected chi connectivity index (χ3v) is 6.93. The number of rotatable bonds is 7. The van der Waals surface area contributed by atoms with Crippen LogP contribution in [0.2, 0.25) is 0 Å². The van der Waals surface area contributed by atoms with Crippen molar-refractivity contribution in [3.8, 4) is 10.6 Å². The summed E-state index contributed by atoms with van der Waals surface area (Å²) >= 11 is 2.97. The molecule has 0 saturated heterocycles. The summed E-state index contributed by atoms with van der Waals surface area (Å²) in [5.41, 5.74) is 2.52. The minimum atomic E-state index is -0.708. The van der Waals surface area contributed by atoms with Gasteiger partial charge in [0.1, 0.15) is 28.1 Å². The molecule has 0 saturated carbocycles. The maximum absolute atomic E-state index is 13.9. The summed E-state index contributed by atoms with van der Waals surface area (Å²) < 4.78 is 27.9. The first kappa shape index (κ1) is 22.2. The second kappa shape index (κ2) is 9.63. The number of nitrogens with zero attached hydrogens (tertiary/aromatic N) is 2. The Labute approximate surface area is 193 Å². The average Bonchev–Trinajstić information content (AvgIpc) is 3.31. The third kappa shape index (κ3) is 5.06. The first-order chi connectivity index (χ1) is 15.4. The summed E-state index contributed by atoms with van der Waals surface area (Å²) in [7, 11) is 0. The minimum absolute atomic E-state index is 0.0153. The number of aromatic nitrogens is 2. The zero-order valence-electron chi connectivity index (χ0n) is 17.6. The Morgan fingerprint density at radius 3 is 2.28 bits per heavy atom. The maximum atomic E-state index is 13.9. The van der Waals surface area contributed by atoms with Crippen molar-refractivity contribution >= 4 is 40.6 Å². The molecule has 0 atom stereocenters. The van der Waals surface area contributed by atoms with E-state index >= 15 is 0 Å². The van der Waals surface area contributed by atoms with Crippen molar-refractivity contribution in [3.05, 3.63) is 91.9 Å². The van der Waals surface area contributed by atoms with Crippen LogP contribution in [-0.2, 0) is 17.6 Å². The van der Waals surface area contributed by atoms with E-state index in [1.165, 1.54) is 17.4 Å². The zero-order valence-corrected chi connectivity index (χ0v) is 19.2. The molecule has 0 spiro atoms. The maximum Gasteiger partial charge on any atom is 0.144 e. The molecule has 2 heterocycles. The lowest BCUT2D eigenvalue weighted by Crippen LogP contribution is -2.09. The summed E-state index contributed by atoms with van der Waals surface area (Å²) in [6.07, 6.45) is 3.70. The molecule has 32 heavy (non-hydrogen) atoms. The van der Waals surface area contributed by atoms with Crippen LogP contribution in [0.3, 0.4) is 0 Å². The number of thiazole rings is 2. The first-order valence-corrected chi connectivity index (χ1v) is 11.7. The molecular formula is C25H20F2N2OS2. The Bertz CT molecular complexity index is 1270. The number of hydrogen-bond acceptors (Lipinski definition) is 5. The van der Waals surface area contributed by atoms with E-state index in [4.69, 9.17) is 4.98 Å². The molecule has 2 aromatic heterocycles. The molecule has 0 aliphatic rings. The molecule has 0 aliphatic heterocycles. The molecule has 3 nitrogen and oxygen atoms in total. The van der Waals surface area contributed by atoms with Gasteiger partial charge in [0.05, 0.1) is 26.9 Å². The molecule has 7 heteroatoms. The van der Waals surface area contributed by atoms with Crippen LogP contribution in [-0.4, -0.2) is 15.8 Å². The lowest BCUT2D eigenvalue weighted by Gasteiger charge is -2.03. The van der Waals surface area contributed by atoms with E-state index < -0.39 is 11.6 Å². The summed E-state index contributed by atoms with van der Waals surface area (Å²) in [6.45, 7) is 3.88. The molecule has 4 aromatic rings. The van der Waals surface area contributed by atoms with E-state index in [2.05, 4.69) is 4.98 Å². The van der Waals surface area contributed by atoms with Gasteiger partial charge in [-0.2, -0.15) is 0 Å². The van der Waals surface area contributed by atoms with E-state index in [0.717, 1.165) is 43.8 Å². The average molecular weight is 467 g/mol. The third-order valence-electron chi connectivity index (χ3n) is 4.83. The lowest BCUT2D eigenvalue weighted by molar-refractivity contribution is -0.117. The summed E-state index contributed by atoms with van der Waals surface area (Å²) in [5, 5.41) is 1.55. The van der Waals surface area contributed by atoms with Gasteiger partial charge in [-0.3, -0.25) is 4.79 Å². The number of benzene rings is 2. The van der Waals surface area contributed by atoms with Crippen LogP contribution < -0.4 is 0 Å². The van der Waals surface area contributed by atoms with E-state index in [0.29, 0.717) is 5.01 Å². The monoisotopic (exact) mass is 466 g/mol. The van der Waals surface area contributed by atoms with Gasteiger partial charge in [0.25, 0.3) is 0 Å². The molecule has 4 rings (SSSR count). The van der Waals surface area contributed by atoms with Crippen LogP contribution in [0.4, 0.5) is 8.78 Å². The quantitative estimate of drug-likeness (QED) is 0.305. The van der Waals surface area contributed by atoms with E-state index in [1.807, 2.05) is 56.3 Å². The van der Waals surface area contributed by atoms with Crippen LogP contribution >= 0.6 is 22.7 Å². The molecule has 0 radical (unpaired) electrons. The van der Waals surface area contributed by atoms with Gasteiger partial charge >= 0.3 is 0 Å². The van der Waals surface area contributed by atoms with Crippen LogP contribution in [0.15, 0.2) is 48.5 Å². The van der Waals surface area contributed by atoms with Gasteiger partial charge < -0.3 is 0 Å². The van der Waals surface area contributed by atoms with E-state index in [9.17, 15) is 13.6 Å². The smallest absolute Gasteiger partial charge is 0.144 e. The van der Waals surface area contributed by atoms with Crippen molar-refractivity contribution in [2.75, 3.05) is 0 Å². The molecule has 0 bridgehead atoms. The van der Waals surface area contributed by atoms with E-state index in [1.54, 1.807) is 11.3 Å². The van der Waals surface area contributed by atoms with Crippen molar-refractivity contribution in [1.29, 1.82) is 0 Å². The Hall–Kier alpha value is -3.03. The predicted molar refractivity (Wildman–Crippen MR) is 127 cm³/mol. The number of carbonyl (C=O) groups is 1. The number of aryl methyl sites for hydroxylation is 2.